The van der Waals surface area contributed by atoms with Crippen LogP contribution in [-0.4, -0.2) is 6.04 Å². The molecular formula is C58H46N2S2. The van der Waals surface area contributed by atoms with Crippen molar-refractivity contribution in [1.29, 1.82) is 0 Å². The van der Waals surface area contributed by atoms with E-state index in [0.29, 0.717) is 0 Å². The highest BCUT2D eigenvalue weighted by molar-refractivity contribution is 7.26. The van der Waals surface area contributed by atoms with E-state index in [2.05, 4.69) is 220 Å². The number of rotatable bonds is 6. The van der Waals surface area contributed by atoms with Gasteiger partial charge < -0.3 is 9.80 Å². The normalized spacial score (nSPS) is 15.9. The van der Waals surface area contributed by atoms with E-state index in [4.69, 9.17) is 0 Å². The van der Waals surface area contributed by atoms with Crippen LogP contribution in [0.3, 0.4) is 0 Å². The van der Waals surface area contributed by atoms with E-state index in [1.165, 1.54) is 113 Å². The minimum absolute atomic E-state index is 0.0218. The van der Waals surface area contributed by atoms with E-state index in [1.54, 1.807) is 0 Å². The molecular weight excluding hydrogens is 789 g/mol. The molecule has 2 heterocycles. The van der Waals surface area contributed by atoms with Gasteiger partial charge in [-0.05, 0) is 100 Å². The third kappa shape index (κ3) is 5.66. The van der Waals surface area contributed by atoms with Gasteiger partial charge in [0.2, 0.25) is 0 Å². The van der Waals surface area contributed by atoms with Crippen molar-refractivity contribution < 1.29 is 0 Å². The number of hydrogen-bond donors (Lipinski definition) is 0. The third-order valence-electron chi connectivity index (χ3n) is 13.4. The Morgan fingerprint density at radius 1 is 0.532 bits per heavy atom. The van der Waals surface area contributed by atoms with Crippen molar-refractivity contribution >= 4 is 108 Å². The lowest BCUT2D eigenvalue weighted by molar-refractivity contribution is 0.591. The summed E-state index contributed by atoms with van der Waals surface area (Å²) in [6.45, 7) is 11.5. The second kappa shape index (κ2) is 14.0. The molecule has 0 bridgehead atoms. The summed E-state index contributed by atoms with van der Waals surface area (Å²) in [6.07, 6.45) is 7.57. The van der Waals surface area contributed by atoms with Gasteiger partial charge in [-0.2, -0.15) is 0 Å². The first-order valence-electron chi connectivity index (χ1n) is 21.8. The monoisotopic (exact) mass is 834 g/mol. The largest absolute Gasteiger partial charge is 0.332 e. The summed E-state index contributed by atoms with van der Waals surface area (Å²) in [4.78, 5) is 5.29. The Balaban J connectivity index is 1.20. The fraction of sp³-hybridized carbons (Fsp3) is 0.138. The second-order valence-electron chi connectivity index (χ2n) is 18.2. The maximum atomic E-state index is 2.69. The summed E-state index contributed by atoms with van der Waals surface area (Å²) < 4.78 is 5.24. The predicted octanol–water partition coefficient (Wildman–Crippen LogP) is 17.0. The highest BCUT2D eigenvalue weighted by Crippen LogP contribution is 2.54. The first-order valence-corrected chi connectivity index (χ1v) is 23.4. The molecule has 12 rings (SSSR count). The zero-order valence-corrected chi connectivity index (χ0v) is 37.2. The molecule has 2 aliphatic carbocycles. The molecule has 0 saturated heterocycles. The van der Waals surface area contributed by atoms with Crippen LogP contribution in [0.2, 0.25) is 0 Å². The van der Waals surface area contributed by atoms with E-state index in [0.717, 1.165) is 0 Å². The fourth-order valence-corrected chi connectivity index (χ4v) is 12.8. The number of nitrogens with zero attached hydrogens (tertiary/aromatic N) is 2. The summed E-state index contributed by atoms with van der Waals surface area (Å²) in [7, 11) is 0. The van der Waals surface area contributed by atoms with E-state index < -0.39 is 0 Å². The molecule has 2 atom stereocenters. The van der Waals surface area contributed by atoms with Crippen molar-refractivity contribution in [3.8, 4) is 0 Å². The number of aryl methyl sites for hydroxylation is 2. The van der Waals surface area contributed by atoms with Crippen molar-refractivity contribution in [2.75, 3.05) is 9.80 Å². The Labute approximate surface area is 371 Å². The lowest BCUT2D eigenvalue weighted by Crippen LogP contribution is -2.39. The van der Waals surface area contributed by atoms with Gasteiger partial charge in [-0.1, -0.05) is 154 Å². The van der Waals surface area contributed by atoms with Crippen LogP contribution < -0.4 is 9.80 Å². The van der Waals surface area contributed by atoms with Gasteiger partial charge in [-0.25, -0.2) is 0 Å². The molecule has 300 valence electrons. The van der Waals surface area contributed by atoms with Crippen LogP contribution >= 0.6 is 22.7 Å². The maximum Gasteiger partial charge on any atom is 0.0649 e. The quantitative estimate of drug-likeness (QED) is 0.165. The van der Waals surface area contributed by atoms with Gasteiger partial charge in [0.15, 0.2) is 0 Å². The minimum Gasteiger partial charge on any atom is -0.332 e. The van der Waals surface area contributed by atoms with Crippen LogP contribution in [0.15, 0.2) is 170 Å². The summed E-state index contributed by atoms with van der Waals surface area (Å²) in [5, 5.41) is 7.90. The van der Waals surface area contributed by atoms with Gasteiger partial charge in [0, 0.05) is 53.8 Å². The minimum atomic E-state index is -0.0696. The molecule has 0 fully saturated rings. The molecule has 0 aliphatic heterocycles. The number of fused-ring (bicyclic) bond motifs is 6. The number of hydrogen-bond acceptors (Lipinski definition) is 4. The first-order chi connectivity index (χ1) is 30.2. The number of benzene rings is 8. The van der Waals surface area contributed by atoms with Crippen molar-refractivity contribution in [2.24, 2.45) is 0 Å². The maximum absolute atomic E-state index is 2.69. The second-order valence-corrected chi connectivity index (χ2v) is 20.3. The molecule has 0 spiro atoms. The number of thiophene rings is 2. The van der Waals surface area contributed by atoms with Gasteiger partial charge in [-0.15, -0.1) is 22.7 Å². The summed E-state index contributed by atoms with van der Waals surface area (Å²) in [5.74, 6) is 0.0773. The summed E-state index contributed by atoms with van der Waals surface area (Å²) >= 11 is 3.81. The van der Waals surface area contributed by atoms with Gasteiger partial charge in [-0.3, -0.25) is 0 Å². The highest BCUT2D eigenvalue weighted by atomic mass is 32.1. The highest BCUT2D eigenvalue weighted by Gasteiger charge is 2.40. The van der Waals surface area contributed by atoms with Crippen LogP contribution in [0, 0.1) is 13.8 Å². The standard InChI is InChI=1S/C58H46N2S2/c1-35-16-6-10-22-46(35)59(48-24-14-20-42-40-18-8-12-26-52(40)61-56(42)48)50-34-51(45-31-29-38-33-39(58(3,4)5)32-37-28-30-44(50)55(45)54(37)38)60(47-23-11-7-17-36(47)2)49-25-15-21-43-41-19-9-13-27-53(41)62-57(43)49/h6-34,44,50H,1-5H3. The molecule has 2 unspecified atom stereocenters. The van der Waals surface area contributed by atoms with Gasteiger partial charge in [0.25, 0.3) is 0 Å². The Bertz CT molecular complexity index is 3520. The van der Waals surface area contributed by atoms with Crippen molar-refractivity contribution in [1.82, 2.24) is 0 Å². The lowest BCUT2D eigenvalue weighted by Gasteiger charge is -2.44. The molecule has 0 radical (unpaired) electrons. The van der Waals surface area contributed by atoms with E-state index >= 15 is 0 Å². The summed E-state index contributed by atoms with van der Waals surface area (Å²) in [6, 6.07) is 59.2. The molecule has 0 N–H and O–H groups in total. The smallest absolute Gasteiger partial charge is 0.0649 e. The molecule has 0 amide bonds. The molecule has 10 aromatic rings. The van der Waals surface area contributed by atoms with Crippen molar-refractivity contribution in [3.63, 3.8) is 0 Å². The SMILES string of the molecule is Cc1ccccc1N(C1=CC(N(c2ccccc2C)c2cccc3c2sc2ccccc23)C2C=Cc3cc(C(C)(C)C)cc4ccc1c2c34)c1cccc2c1sc1ccccc12. The average Bonchev–Trinajstić information content (AvgIpc) is 3.87. The van der Waals surface area contributed by atoms with Gasteiger partial charge in [0.1, 0.15) is 0 Å². The molecule has 62 heavy (non-hydrogen) atoms. The Morgan fingerprint density at radius 2 is 1.10 bits per heavy atom. The Kier molecular flexibility index (Phi) is 8.45. The molecule has 2 aliphatic rings. The molecule has 8 aromatic carbocycles. The van der Waals surface area contributed by atoms with Crippen molar-refractivity contribution in [3.05, 3.63) is 203 Å². The fourth-order valence-electron chi connectivity index (χ4n) is 10.4. The van der Waals surface area contributed by atoms with Crippen LogP contribution in [0.5, 0.6) is 0 Å². The van der Waals surface area contributed by atoms with Gasteiger partial charge >= 0.3 is 0 Å². The van der Waals surface area contributed by atoms with Crippen LogP contribution in [0.25, 0.3) is 62.9 Å². The Hall–Kier alpha value is -6.46. The van der Waals surface area contributed by atoms with Crippen LogP contribution in [-0.2, 0) is 5.41 Å². The van der Waals surface area contributed by atoms with Crippen LogP contribution in [0.4, 0.5) is 22.7 Å². The lowest BCUT2D eigenvalue weighted by atomic mass is 9.73. The number of anilines is 4. The molecule has 2 aromatic heterocycles. The zero-order chi connectivity index (χ0) is 41.9. The average molecular weight is 835 g/mol. The Morgan fingerprint density at radius 3 is 1.76 bits per heavy atom. The van der Waals surface area contributed by atoms with Crippen molar-refractivity contribution in [2.45, 2.75) is 52.0 Å². The molecule has 0 saturated carbocycles. The van der Waals surface area contributed by atoms with Crippen LogP contribution in [0.1, 0.15) is 60.1 Å². The first kappa shape index (κ1) is 37.3. The van der Waals surface area contributed by atoms with E-state index in [-0.39, 0.29) is 17.4 Å². The third-order valence-corrected chi connectivity index (χ3v) is 15.8. The summed E-state index contributed by atoms with van der Waals surface area (Å²) in [5.41, 5.74) is 14.0. The molecule has 2 nitrogen and oxygen atoms in total. The predicted molar refractivity (Wildman–Crippen MR) is 271 cm³/mol. The number of para-hydroxylation sites is 2. The zero-order valence-electron chi connectivity index (χ0n) is 35.6. The topological polar surface area (TPSA) is 6.48 Å². The van der Waals surface area contributed by atoms with E-state index in [1.807, 2.05) is 22.7 Å². The molecule has 4 heteroatoms. The van der Waals surface area contributed by atoms with Gasteiger partial charge in [0.05, 0.1) is 32.5 Å². The van der Waals surface area contributed by atoms with E-state index in [9.17, 15) is 0 Å².